The number of carbonyl (C=O) groups excluding carboxylic acids is 1. The van der Waals surface area contributed by atoms with Crippen LogP contribution in [0, 0.1) is 34.6 Å². The highest BCUT2D eigenvalue weighted by atomic mass is 32.1. The van der Waals surface area contributed by atoms with Crippen LogP contribution in [0.4, 0.5) is 0 Å². The predicted octanol–water partition coefficient (Wildman–Crippen LogP) is 5.40. The normalized spacial score (nSPS) is 11.0. The zero-order valence-corrected chi connectivity index (χ0v) is 16.8. The third kappa shape index (κ3) is 3.17. The van der Waals surface area contributed by atoms with Crippen LogP contribution in [0.5, 0.6) is 5.06 Å². The molecule has 1 aromatic heterocycles. The summed E-state index contributed by atoms with van der Waals surface area (Å²) in [5.74, 6) is -0.423. The third-order valence-electron chi connectivity index (χ3n) is 4.47. The SMILES string of the molecule is CC(=O)Oc1sc2cc(C)cc(C)c2c(=O)c1-c1c(C)cc(C)cc1C. The van der Waals surface area contributed by atoms with Crippen molar-refractivity contribution < 1.29 is 9.53 Å². The van der Waals surface area contributed by atoms with Gasteiger partial charge < -0.3 is 4.74 Å². The van der Waals surface area contributed by atoms with Gasteiger partial charge in [-0.2, -0.15) is 0 Å². The zero-order chi connectivity index (χ0) is 19.2. The lowest BCUT2D eigenvalue weighted by Crippen LogP contribution is -2.12. The maximum atomic E-state index is 13.5. The number of hydrogen-bond acceptors (Lipinski definition) is 4. The van der Waals surface area contributed by atoms with Crippen LogP contribution in [0.15, 0.2) is 29.1 Å². The van der Waals surface area contributed by atoms with Gasteiger partial charge >= 0.3 is 5.97 Å². The quantitative estimate of drug-likeness (QED) is 0.571. The van der Waals surface area contributed by atoms with E-state index in [1.807, 2.05) is 46.8 Å². The first-order valence-corrected chi connectivity index (χ1v) is 9.35. The number of aryl methyl sites for hydroxylation is 5. The first-order valence-electron chi connectivity index (χ1n) is 8.53. The van der Waals surface area contributed by atoms with Crippen molar-refractivity contribution in [3.63, 3.8) is 0 Å². The van der Waals surface area contributed by atoms with Gasteiger partial charge in [0.15, 0.2) is 10.5 Å². The Morgan fingerprint density at radius 2 is 1.38 bits per heavy atom. The summed E-state index contributed by atoms with van der Waals surface area (Å²) >= 11 is 1.36. The van der Waals surface area contributed by atoms with Crippen LogP contribution in [-0.2, 0) is 4.79 Å². The molecule has 0 unspecified atom stereocenters. The van der Waals surface area contributed by atoms with Crippen molar-refractivity contribution in [3.8, 4) is 16.2 Å². The molecule has 2 aromatic carbocycles. The fourth-order valence-corrected chi connectivity index (χ4v) is 4.92. The van der Waals surface area contributed by atoms with E-state index >= 15 is 0 Å². The Bertz CT molecular complexity index is 1080. The monoisotopic (exact) mass is 366 g/mol. The maximum absolute atomic E-state index is 13.5. The number of hydrogen-bond donors (Lipinski definition) is 0. The molecule has 0 saturated carbocycles. The molecule has 0 atom stereocenters. The summed E-state index contributed by atoms with van der Waals surface area (Å²) in [6.07, 6.45) is 0. The van der Waals surface area contributed by atoms with Gasteiger partial charge in [-0.3, -0.25) is 9.59 Å². The molecule has 4 heteroatoms. The van der Waals surface area contributed by atoms with Crippen molar-refractivity contribution in [2.45, 2.75) is 41.5 Å². The largest absolute Gasteiger partial charge is 0.415 e. The summed E-state index contributed by atoms with van der Waals surface area (Å²) in [6.45, 7) is 11.3. The van der Waals surface area contributed by atoms with E-state index in [-0.39, 0.29) is 5.43 Å². The van der Waals surface area contributed by atoms with Crippen LogP contribution in [0.1, 0.15) is 34.7 Å². The molecule has 0 aliphatic rings. The number of esters is 1. The fourth-order valence-electron chi connectivity index (χ4n) is 3.66. The summed E-state index contributed by atoms with van der Waals surface area (Å²) < 4.78 is 6.33. The average Bonchev–Trinajstić information content (AvgIpc) is 2.47. The molecule has 134 valence electrons. The van der Waals surface area contributed by atoms with Gasteiger partial charge in [-0.25, -0.2) is 0 Å². The van der Waals surface area contributed by atoms with Crippen molar-refractivity contribution in [1.29, 1.82) is 0 Å². The van der Waals surface area contributed by atoms with E-state index in [9.17, 15) is 9.59 Å². The Balaban J connectivity index is 2.50. The van der Waals surface area contributed by atoms with E-state index in [2.05, 4.69) is 12.1 Å². The Kier molecular flexibility index (Phi) is 4.72. The lowest BCUT2D eigenvalue weighted by atomic mass is 9.93. The second-order valence-corrected chi connectivity index (χ2v) is 7.93. The van der Waals surface area contributed by atoms with Gasteiger partial charge in [-0.15, -0.1) is 0 Å². The fraction of sp³-hybridized carbons (Fsp3) is 0.273. The molecule has 0 fully saturated rings. The molecule has 0 N–H and O–H groups in total. The molecule has 0 saturated heterocycles. The molecule has 0 spiro atoms. The van der Waals surface area contributed by atoms with Crippen LogP contribution in [-0.4, -0.2) is 5.97 Å². The van der Waals surface area contributed by atoms with Gasteiger partial charge in [0.25, 0.3) is 0 Å². The standard InChI is InChI=1S/C22H22O3S/c1-11-7-13(3)18(14(4)8-11)20-21(24)19-15(5)9-12(2)10-17(19)26-22(20)25-16(6)23/h7-10H,1-6H3. The number of ether oxygens (including phenoxy) is 1. The van der Waals surface area contributed by atoms with E-state index in [0.29, 0.717) is 16.0 Å². The summed E-state index contributed by atoms with van der Waals surface area (Å²) in [5.41, 5.74) is 6.43. The second-order valence-electron chi connectivity index (χ2n) is 6.92. The maximum Gasteiger partial charge on any atom is 0.308 e. The van der Waals surface area contributed by atoms with Crippen LogP contribution < -0.4 is 10.2 Å². The van der Waals surface area contributed by atoms with E-state index in [1.54, 1.807) is 0 Å². The smallest absolute Gasteiger partial charge is 0.308 e. The van der Waals surface area contributed by atoms with Gasteiger partial charge in [-0.05, 0) is 68.5 Å². The van der Waals surface area contributed by atoms with Crippen LogP contribution in [0.3, 0.4) is 0 Å². The zero-order valence-electron chi connectivity index (χ0n) is 15.9. The molecule has 3 nitrogen and oxygen atoms in total. The first kappa shape index (κ1) is 18.3. The molecule has 1 heterocycles. The average molecular weight is 366 g/mol. The van der Waals surface area contributed by atoms with Gasteiger partial charge in [0.1, 0.15) is 0 Å². The summed E-state index contributed by atoms with van der Waals surface area (Å²) in [6, 6.07) is 8.09. The topological polar surface area (TPSA) is 43.4 Å². The molecule has 3 aromatic rings. The summed E-state index contributed by atoms with van der Waals surface area (Å²) in [4.78, 5) is 25.2. The lowest BCUT2D eigenvalue weighted by Gasteiger charge is -2.16. The van der Waals surface area contributed by atoms with Crippen LogP contribution >= 0.6 is 11.3 Å². The van der Waals surface area contributed by atoms with E-state index < -0.39 is 5.97 Å². The van der Waals surface area contributed by atoms with Crippen LogP contribution in [0.25, 0.3) is 21.2 Å². The molecule has 0 bridgehead atoms. The highest BCUT2D eigenvalue weighted by molar-refractivity contribution is 7.20. The van der Waals surface area contributed by atoms with Crippen molar-refractivity contribution in [2.75, 3.05) is 0 Å². The van der Waals surface area contributed by atoms with Gasteiger partial charge in [0.2, 0.25) is 0 Å². The molecular weight excluding hydrogens is 344 g/mol. The molecule has 0 aliphatic heterocycles. The Morgan fingerprint density at radius 1 is 0.846 bits per heavy atom. The highest BCUT2D eigenvalue weighted by Gasteiger charge is 2.21. The number of carbonyl (C=O) groups is 1. The van der Waals surface area contributed by atoms with Crippen LogP contribution in [0.2, 0.25) is 0 Å². The third-order valence-corrected chi connectivity index (χ3v) is 5.48. The Morgan fingerprint density at radius 3 is 1.96 bits per heavy atom. The molecule has 0 aliphatic carbocycles. The summed E-state index contributed by atoms with van der Waals surface area (Å²) in [7, 11) is 0. The molecule has 3 rings (SSSR count). The summed E-state index contributed by atoms with van der Waals surface area (Å²) in [5, 5.41) is 1.07. The van der Waals surface area contributed by atoms with Crippen molar-refractivity contribution in [2.24, 2.45) is 0 Å². The molecular formula is C22H22O3S. The minimum Gasteiger partial charge on any atom is -0.415 e. The van der Waals surface area contributed by atoms with Crippen molar-refractivity contribution in [1.82, 2.24) is 0 Å². The van der Waals surface area contributed by atoms with E-state index in [4.69, 9.17) is 4.74 Å². The number of rotatable bonds is 2. The first-order chi connectivity index (χ1) is 12.2. The van der Waals surface area contributed by atoms with E-state index in [1.165, 1.54) is 18.3 Å². The molecule has 0 amide bonds. The molecule has 0 radical (unpaired) electrons. The minimum absolute atomic E-state index is 0.0810. The molecule has 26 heavy (non-hydrogen) atoms. The number of fused-ring (bicyclic) bond motifs is 1. The van der Waals surface area contributed by atoms with Gasteiger partial charge in [0.05, 0.1) is 5.56 Å². The van der Waals surface area contributed by atoms with Gasteiger partial charge in [0, 0.05) is 17.0 Å². The highest BCUT2D eigenvalue weighted by Crippen LogP contribution is 2.39. The second kappa shape index (κ2) is 6.69. The van der Waals surface area contributed by atoms with Gasteiger partial charge in [-0.1, -0.05) is 35.1 Å². The van der Waals surface area contributed by atoms with Crippen molar-refractivity contribution >= 4 is 27.4 Å². The minimum atomic E-state index is -0.423. The van der Waals surface area contributed by atoms with Crippen molar-refractivity contribution in [3.05, 3.63) is 62.3 Å². The lowest BCUT2D eigenvalue weighted by molar-refractivity contribution is -0.131. The Hall–Kier alpha value is -2.46. The number of benzene rings is 2. The van der Waals surface area contributed by atoms with E-state index in [0.717, 1.165) is 38.1 Å². The Labute approximate surface area is 157 Å². The predicted molar refractivity (Wildman–Crippen MR) is 109 cm³/mol.